The molecule has 0 saturated heterocycles. The van der Waals surface area contributed by atoms with Crippen LogP contribution in [-0.4, -0.2) is 12.5 Å². The molecular weight excluding hydrogens is 150 g/mol. The first kappa shape index (κ1) is 10.5. The SMILES string of the molecule is CC#CC(=O)NC/C=C/C=C/C. The van der Waals surface area contributed by atoms with Gasteiger partial charge in [0.15, 0.2) is 0 Å². The standard InChI is InChI=1S/C10H13NO/c1-3-5-6-7-9-11-10(12)8-4-2/h3,5-7H,9H2,1-2H3,(H,11,12)/b5-3+,7-6+. The zero-order valence-electron chi connectivity index (χ0n) is 7.42. The molecule has 1 N–H and O–H groups in total. The number of hydrogen-bond acceptors (Lipinski definition) is 1. The van der Waals surface area contributed by atoms with Gasteiger partial charge < -0.3 is 5.32 Å². The lowest BCUT2D eigenvalue weighted by molar-refractivity contribution is -0.115. The van der Waals surface area contributed by atoms with Gasteiger partial charge in [-0.15, -0.1) is 0 Å². The highest BCUT2D eigenvalue weighted by Gasteiger charge is 1.87. The third-order valence-electron chi connectivity index (χ3n) is 1.06. The van der Waals surface area contributed by atoms with Crippen LogP contribution in [0, 0.1) is 11.8 Å². The number of amides is 1. The Morgan fingerprint density at radius 3 is 2.83 bits per heavy atom. The summed E-state index contributed by atoms with van der Waals surface area (Å²) < 4.78 is 0. The van der Waals surface area contributed by atoms with Crippen LogP contribution in [0.25, 0.3) is 0 Å². The molecule has 2 heteroatoms. The first-order valence-electron chi connectivity index (χ1n) is 3.79. The maximum atomic E-state index is 10.7. The van der Waals surface area contributed by atoms with Gasteiger partial charge in [0.1, 0.15) is 0 Å². The number of allylic oxidation sites excluding steroid dienone is 3. The topological polar surface area (TPSA) is 29.1 Å². The fraction of sp³-hybridized carbons (Fsp3) is 0.300. The molecule has 12 heavy (non-hydrogen) atoms. The van der Waals surface area contributed by atoms with Crippen LogP contribution in [0.1, 0.15) is 13.8 Å². The van der Waals surface area contributed by atoms with Crippen molar-refractivity contribution in [1.29, 1.82) is 0 Å². The zero-order chi connectivity index (χ0) is 9.23. The lowest BCUT2D eigenvalue weighted by Gasteiger charge is -1.91. The lowest BCUT2D eigenvalue weighted by Crippen LogP contribution is -2.21. The number of carbonyl (C=O) groups is 1. The van der Waals surface area contributed by atoms with Crippen LogP contribution in [0.4, 0.5) is 0 Å². The van der Waals surface area contributed by atoms with Gasteiger partial charge in [-0.2, -0.15) is 0 Å². The van der Waals surface area contributed by atoms with Crippen molar-refractivity contribution in [2.45, 2.75) is 13.8 Å². The van der Waals surface area contributed by atoms with Crippen molar-refractivity contribution in [2.75, 3.05) is 6.54 Å². The maximum absolute atomic E-state index is 10.7. The Morgan fingerprint density at radius 1 is 1.50 bits per heavy atom. The molecule has 0 aromatic heterocycles. The molecule has 0 aliphatic carbocycles. The minimum absolute atomic E-state index is 0.234. The van der Waals surface area contributed by atoms with Crippen molar-refractivity contribution in [2.24, 2.45) is 0 Å². The summed E-state index contributed by atoms with van der Waals surface area (Å²) in [5, 5.41) is 2.61. The third-order valence-corrected chi connectivity index (χ3v) is 1.06. The molecule has 0 bridgehead atoms. The Kier molecular flexibility index (Phi) is 6.67. The lowest BCUT2D eigenvalue weighted by atomic mass is 10.4. The second-order valence-electron chi connectivity index (χ2n) is 2.04. The second-order valence-corrected chi connectivity index (χ2v) is 2.04. The number of nitrogens with one attached hydrogen (secondary N) is 1. The quantitative estimate of drug-likeness (QED) is 0.492. The highest BCUT2D eigenvalue weighted by atomic mass is 16.1. The Hall–Kier alpha value is -1.49. The van der Waals surface area contributed by atoms with Crippen LogP contribution in [0.2, 0.25) is 0 Å². The minimum Gasteiger partial charge on any atom is -0.342 e. The molecule has 0 rings (SSSR count). The summed E-state index contributed by atoms with van der Waals surface area (Å²) in [7, 11) is 0. The van der Waals surface area contributed by atoms with Gasteiger partial charge in [0.25, 0.3) is 5.91 Å². The molecule has 0 saturated carbocycles. The van der Waals surface area contributed by atoms with E-state index in [1.807, 2.05) is 31.2 Å². The van der Waals surface area contributed by atoms with Crippen LogP contribution >= 0.6 is 0 Å². The molecule has 0 spiro atoms. The molecule has 0 fully saturated rings. The van der Waals surface area contributed by atoms with Crippen molar-refractivity contribution in [3.63, 3.8) is 0 Å². The minimum atomic E-state index is -0.234. The average Bonchev–Trinajstić information content (AvgIpc) is 2.05. The summed E-state index contributed by atoms with van der Waals surface area (Å²) in [6.45, 7) is 4.10. The van der Waals surface area contributed by atoms with Crippen LogP contribution < -0.4 is 5.32 Å². The van der Waals surface area contributed by atoms with Crippen LogP contribution in [-0.2, 0) is 4.79 Å². The molecule has 0 radical (unpaired) electrons. The Bertz CT molecular complexity index is 240. The summed E-state index contributed by atoms with van der Waals surface area (Å²) >= 11 is 0. The number of hydrogen-bond donors (Lipinski definition) is 1. The summed E-state index contributed by atoms with van der Waals surface area (Å²) in [6, 6.07) is 0. The van der Waals surface area contributed by atoms with Gasteiger partial charge in [-0.25, -0.2) is 0 Å². The van der Waals surface area contributed by atoms with E-state index >= 15 is 0 Å². The van der Waals surface area contributed by atoms with Gasteiger partial charge in [0.05, 0.1) is 0 Å². The van der Waals surface area contributed by atoms with E-state index in [1.165, 1.54) is 0 Å². The molecule has 0 aromatic rings. The predicted molar refractivity (Wildman–Crippen MR) is 50.4 cm³/mol. The highest BCUT2D eigenvalue weighted by molar-refractivity contribution is 5.93. The maximum Gasteiger partial charge on any atom is 0.296 e. The van der Waals surface area contributed by atoms with E-state index in [0.717, 1.165) is 0 Å². The molecular formula is C10H13NO. The van der Waals surface area contributed by atoms with E-state index in [1.54, 1.807) is 6.92 Å². The molecule has 0 aliphatic rings. The largest absolute Gasteiger partial charge is 0.342 e. The van der Waals surface area contributed by atoms with Crippen molar-refractivity contribution in [3.05, 3.63) is 24.3 Å². The molecule has 0 heterocycles. The fourth-order valence-corrected chi connectivity index (χ4v) is 0.567. The Balaban J connectivity index is 3.54. The van der Waals surface area contributed by atoms with E-state index in [4.69, 9.17) is 0 Å². The summed E-state index contributed by atoms with van der Waals surface area (Å²) in [5.41, 5.74) is 0. The van der Waals surface area contributed by atoms with Crippen molar-refractivity contribution < 1.29 is 4.79 Å². The van der Waals surface area contributed by atoms with Gasteiger partial charge in [0, 0.05) is 6.54 Å². The number of rotatable bonds is 3. The van der Waals surface area contributed by atoms with Gasteiger partial charge in [-0.1, -0.05) is 30.2 Å². The molecule has 2 nitrogen and oxygen atoms in total. The number of carbonyl (C=O) groups excluding carboxylic acids is 1. The Labute approximate surface area is 73.4 Å². The first-order chi connectivity index (χ1) is 5.81. The van der Waals surface area contributed by atoms with E-state index in [2.05, 4.69) is 17.2 Å². The van der Waals surface area contributed by atoms with Gasteiger partial charge >= 0.3 is 0 Å². The van der Waals surface area contributed by atoms with Gasteiger partial charge in [-0.3, -0.25) is 4.79 Å². The van der Waals surface area contributed by atoms with Crippen LogP contribution in [0.15, 0.2) is 24.3 Å². The summed E-state index contributed by atoms with van der Waals surface area (Å²) in [6.07, 6.45) is 7.55. The van der Waals surface area contributed by atoms with E-state index in [-0.39, 0.29) is 5.91 Å². The van der Waals surface area contributed by atoms with Crippen LogP contribution in [0.5, 0.6) is 0 Å². The molecule has 0 aliphatic heterocycles. The second kappa shape index (κ2) is 7.62. The third kappa shape index (κ3) is 6.63. The molecule has 64 valence electrons. The first-order valence-corrected chi connectivity index (χ1v) is 3.79. The zero-order valence-corrected chi connectivity index (χ0v) is 7.42. The monoisotopic (exact) mass is 163 g/mol. The van der Waals surface area contributed by atoms with Crippen molar-refractivity contribution >= 4 is 5.91 Å². The van der Waals surface area contributed by atoms with Crippen molar-refractivity contribution in [3.8, 4) is 11.8 Å². The molecule has 1 amide bonds. The smallest absolute Gasteiger partial charge is 0.296 e. The molecule has 0 aromatic carbocycles. The van der Waals surface area contributed by atoms with E-state index < -0.39 is 0 Å². The van der Waals surface area contributed by atoms with Gasteiger partial charge in [-0.05, 0) is 19.8 Å². The molecule has 0 atom stereocenters. The van der Waals surface area contributed by atoms with Crippen molar-refractivity contribution in [1.82, 2.24) is 5.32 Å². The van der Waals surface area contributed by atoms with E-state index in [9.17, 15) is 4.79 Å². The Morgan fingerprint density at radius 2 is 2.25 bits per heavy atom. The van der Waals surface area contributed by atoms with Crippen LogP contribution in [0.3, 0.4) is 0 Å². The predicted octanol–water partition coefficient (Wildman–Crippen LogP) is 1.26. The molecule has 0 unspecified atom stereocenters. The average molecular weight is 163 g/mol. The summed E-state index contributed by atoms with van der Waals surface area (Å²) in [5.74, 6) is 4.67. The van der Waals surface area contributed by atoms with Gasteiger partial charge in [0.2, 0.25) is 0 Å². The van der Waals surface area contributed by atoms with E-state index in [0.29, 0.717) is 6.54 Å². The highest BCUT2D eigenvalue weighted by Crippen LogP contribution is 1.74. The summed E-state index contributed by atoms with van der Waals surface area (Å²) in [4.78, 5) is 10.7. The fourth-order valence-electron chi connectivity index (χ4n) is 0.567. The normalized spacial score (nSPS) is 9.83.